The molecule has 0 radical (unpaired) electrons. The van der Waals surface area contributed by atoms with E-state index in [0.29, 0.717) is 50.2 Å². The van der Waals surface area contributed by atoms with Gasteiger partial charge < -0.3 is 9.47 Å². The maximum absolute atomic E-state index is 12.8. The Morgan fingerprint density at radius 1 is 0.926 bits per heavy atom. The lowest BCUT2D eigenvalue weighted by Gasteiger charge is -2.41. The van der Waals surface area contributed by atoms with Gasteiger partial charge in [-0.2, -0.15) is 13.2 Å². The van der Waals surface area contributed by atoms with Crippen LogP contribution in [0, 0.1) is 41.9 Å². The molecular formula is C22H33F3O2. The molecule has 0 spiro atoms. The Labute approximate surface area is 161 Å². The number of hydrogen-bond acceptors (Lipinski definition) is 2. The molecule has 0 unspecified atom stereocenters. The number of halogens is 3. The summed E-state index contributed by atoms with van der Waals surface area (Å²) < 4.78 is 50.5. The van der Waals surface area contributed by atoms with E-state index in [1.165, 1.54) is 25.7 Å². The SMILES string of the molecule is C#CC1(CCC2CCC(C(F)(F)F)CC2)OCC(C2CCC(C)CC2)CO1. The average Bonchev–Trinajstić information content (AvgIpc) is 2.67. The van der Waals surface area contributed by atoms with Crippen LogP contribution >= 0.6 is 0 Å². The van der Waals surface area contributed by atoms with Crippen molar-refractivity contribution < 1.29 is 22.6 Å². The molecule has 0 bridgehead atoms. The number of alkyl halides is 3. The van der Waals surface area contributed by atoms with Crippen molar-refractivity contribution in [1.29, 1.82) is 0 Å². The monoisotopic (exact) mass is 386 g/mol. The fourth-order valence-corrected chi connectivity index (χ4v) is 5.07. The largest absolute Gasteiger partial charge is 0.391 e. The van der Waals surface area contributed by atoms with Gasteiger partial charge in [-0.25, -0.2) is 0 Å². The molecular weight excluding hydrogens is 353 g/mol. The van der Waals surface area contributed by atoms with Gasteiger partial charge in [0.2, 0.25) is 5.79 Å². The van der Waals surface area contributed by atoms with E-state index < -0.39 is 17.9 Å². The molecule has 0 amide bonds. The minimum atomic E-state index is -4.05. The highest BCUT2D eigenvalue weighted by molar-refractivity contribution is 5.04. The highest BCUT2D eigenvalue weighted by Crippen LogP contribution is 2.42. The first-order valence-electron chi connectivity index (χ1n) is 10.6. The van der Waals surface area contributed by atoms with Gasteiger partial charge in [0.05, 0.1) is 19.1 Å². The summed E-state index contributed by atoms with van der Waals surface area (Å²) in [6.45, 7) is 3.60. The Hall–Kier alpha value is -0.730. The molecule has 3 fully saturated rings. The molecule has 27 heavy (non-hydrogen) atoms. The van der Waals surface area contributed by atoms with E-state index in [9.17, 15) is 13.2 Å². The van der Waals surface area contributed by atoms with E-state index in [1.807, 2.05) is 0 Å². The number of terminal acetylenes is 1. The summed E-state index contributed by atoms with van der Waals surface area (Å²) in [5, 5.41) is 0. The summed E-state index contributed by atoms with van der Waals surface area (Å²) in [6, 6.07) is 0. The summed E-state index contributed by atoms with van der Waals surface area (Å²) >= 11 is 0. The first-order valence-corrected chi connectivity index (χ1v) is 10.6. The molecule has 3 rings (SSSR count). The molecule has 1 saturated heterocycles. The van der Waals surface area contributed by atoms with Crippen molar-refractivity contribution in [3.05, 3.63) is 0 Å². The van der Waals surface area contributed by atoms with E-state index in [0.717, 1.165) is 12.3 Å². The minimum Gasteiger partial charge on any atom is -0.339 e. The minimum absolute atomic E-state index is 0.237. The normalized spacial score (nSPS) is 41.1. The number of hydrogen-bond donors (Lipinski definition) is 0. The maximum atomic E-state index is 12.8. The first kappa shape index (κ1) is 21.0. The lowest BCUT2D eigenvalue weighted by atomic mass is 9.76. The van der Waals surface area contributed by atoms with Crippen molar-refractivity contribution in [2.45, 2.75) is 83.1 Å². The third-order valence-corrected chi connectivity index (χ3v) is 7.20. The van der Waals surface area contributed by atoms with E-state index >= 15 is 0 Å². The predicted molar refractivity (Wildman–Crippen MR) is 98.8 cm³/mol. The first-order chi connectivity index (χ1) is 12.8. The van der Waals surface area contributed by atoms with Crippen LogP contribution in [0.3, 0.4) is 0 Å². The molecule has 3 aliphatic rings. The molecule has 0 aromatic heterocycles. The molecule has 2 nitrogen and oxygen atoms in total. The molecule has 2 aliphatic carbocycles. The van der Waals surface area contributed by atoms with Crippen LogP contribution in [0.5, 0.6) is 0 Å². The van der Waals surface area contributed by atoms with E-state index in [4.69, 9.17) is 15.9 Å². The smallest absolute Gasteiger partial charge is 0.339 e. The number of ether oxygens (including phenoxy) is 2. The third kappa shape index (κ3) is 5.41. The summed E-state index contributed by atoms with van der Waals surface area (Å²) in [7, 11) is 0. The highest BCUT2D eigenvalue weighted by atomic mass is 19.4. The predicted octanol–water partition coefficient (Wildman–Crippen LogP) is 5.95. The topological polar surface area (TPSA) is 18.5 Å². The van der Waals surface area contributed by atoms with Gasteiger partial charge in [0, 0.05) is 12.3 Å². The van der Waals surface area contributed by atoms with Gasteiger partial charge in [0.15, 0.2) is 0 Å². The zero-order valence-corrected chi connectivity index (χ0v) is 16.4. The third-order valence-electron chi connectivity index (χ3n) is 7.20. The summed E-state index contributed by atoms with van der Waals surface area (Å²) in [4.78, 5) is 0. The van der Waals surface area contributed by atoms with Crippen molar-refractivity contribution in [1.82, 2.24) is 0 Å². The standard InChI is InChI=1S/C22H33F3O2/c1-3-21(13-12-17-6-10-20(11-7-17)22(23,24)25)26-14-19(15-27-21)18-8-4-16(2)5-9-18/h1,16-20H,4-15H2,2H3. The molecule has 1 aliphatic heterocycles. The van der Waals surface area contributed by atoms with E-state index in [-0.39, 0.29) is 12.8 Å². The lowest BCUT2D eigenvalue weighted by Crippen LogP contribution is -2.45. The van der Waals surface area contributed by atoms with Crippen LogP contribution in [0.2, 0.25) is 0 Å². The van der Waals surface area contributed by atoms with E-state index in [2.05, 4.69) is 12.8 Å². The second-order valence-electron chi connectivity index (χ2n) is 9.10. The van der Waals surface area contributed by atoms with Gasteiger partial charge in [0.1, 0.15) is 0 Å². The molecule has 1 heterocycles. The molecule has 2 saturated carbocycles. The molecule has 0 aromatic carbocycles. The Balaban J connectivity index is 1.43. The quantitative estimate of drug-likeness (QED) is 0.556. The van der Waals surface area contributed by atoms with Crippen LogP contribution in [-0.2, 0) is 9.47 Å². The van der Waals surface area contributed by atoms with Crippen LogP contribution in [0.25, 0.3) is 0 Å². The van der Waals surface area contributed by atoms with Gasteiger partial charge in [-0.15, -0.1) is 6.42 Å². The van der Waals surface area contributed by atoms with Crippen LogP contribution in [0.1, 0.15) is 71.1 Å². The van der Waals surface area contributed by atoms with Crippen molar-refractivity contribution >= 4 is 0 Å². The van der Waals surface area contributed by atoms with E-state index in [1.54, 1.807) is 0 Å². The summed E-state index contributed by atoms with van der Waals surface area (Å²) in [5.74, 6) is 2.79. The van der Waals surface area contributed by atoms with Crippen molar-refractivity contribution in [2.75, 3.05) is 13.2 Å². The summed E-state index contributed by atoms with van der Waals surface area (Å²) in [5.41, 5.74) is 0. The Morgan fingerprint density at radius 2 is 1.52 bits per heavy atom. The van der Waals surface area contributed by atoms with Gasteiger partial charge >= 0.3 is 6.18 Å². The molecule has 154 valence electrons. The van der Waals surface area contributed by atoms with Gasteiger partial charge in [0.25, 0.3) is 0 Å². The van der Waals surface area contributed by atoms with Crippen molar-refractivity contribution in [2.24, 2.45) is 29.6 Å². The second kappa shape index (κ2) is 8.74. The molecule has 0 aromatic rings. The molecule has 0 atom stereocenters. The molecule has 0 N–H and O–H groups in total. The highest BCUT2D eigenvalue weighted by Gasteiger charge is 2.43. The van der Waals surface area contributed by atoms with Crippen molar-refractivity contribution in [3.8, 4) is 12.3 Å². The molecule has 5 heteroatoms. The van der Waals surface area contributed by atoms with Crippen molar-refractivity contribution in [3.63, 3.8) is 0 Å². The Morgan fingerprint density at radius 3 is 2.04 bits per heavy atom. The van der Waals surface area contributed by atoms with Gasteiger partial charge in [-0.1, -0.05) is 19.8 Å². The fourth-order valence-electron chi connectivity index (χ4n) is 5.07. The van der Waals surface area contributed by atoms with Gasteiger partial charge in [-0.05, 0) is 68.6 Å². The zero-order valence-electron chi connectivity index (χ0n) is 16.4. The lowest BCUT2D eigenvalue weighted by molar-refractivity contribution is -0.260. The fraction of sp³-hybridized carbons (Fsp3) is 0.909. The van der Waals surface area contributed by atoms with Crippen LogP contribution in [0.4, 0.5) is 13.2 Å². The second-order valence-corrected chi connectivity index (χ2v) is 9.10. The Bertz CT molecular complexity index is 501. The maximum Gasteiger partial charge on any atom is 0.391 e. The Kier molecular flexibility index (Phi) is 6.79. The van der Waals surface area contributed by atoms with Crippen LogP contribution in [0.15, 0.2) is 0 Å². The summed E-state index contributed by atoms with van der Waals surface area (Å²) in [6.07, 6.45) is 9.79. The van der Waals surface area contributed by atoms with Gasteiger partial charge in [-0.3, -0.25) is 0 Å². The number of rotatable bonds is 4. The van der Waals surface area contributed by atoms with Crippen LogP contribution < -0.4 is 0 Å². The average molecular weight is 386 g/mol. The zero-order chi connectivity index (χ0) is 19.5. The van der Waals surface area contributed by atoms with Crippen LogP contribution in [-0.4, -0.2) is 25.2 Å².